The van der Waals surface area contributed by atoms with Gasteiger partial charge in [-0.2, -0.15) is 0 Å². The number of nitrogens with zero attached hydrogens (tertiary/aromatic N) is 6. The van der Waals surface area contributed by atoms with Crippen LogP contribution in [0.3, 0.4) is 0 Å². The third kappa shape index (κ3) is 4.93. The molecule has 2 saturated heterocycles. The highest BCUT2D eigenvalue weighted by atomic mass is 127. The van der Waals surface area contributed by atoms with Crippen molar-refractivity contribution in [1.29, 1.82) is 0 Å². The minimum Gasteiger partial charge on any atom is -0.379 e. The van der Waals surface area contributed by atoms with E-state index in [0.717, 1.165) is 69.8 Å². The molecule has 0 spiro atoms. The van der Waals surface area contributed by atoms with Crippen LogP contribution in [0.25, 0.3) is 5.65 Å². The summed E-state index contributed by atoms with van der Waals surface area (Å²) in [7, 11) is 0. The van der Waals surface area contributed by atoms with Crippen molar-refractivity contribution in [1.82, 2.24) is 29.7 Å². The number of fused-ring (bicyclic) bond motifs is 1. The molecule has 0 bridgehead atoms. The Morgan fingerprint density at radius 3 is 2.93 bits per heavy atom. The van der Waals surface area contributed by atoms with Crippen LogP contribution in [0.1, 0.15) is 19.2 Å². The van der Waals surface area contributed by atoms with Gasteiger partial charge in [0.1, 0.15) is 5.82 Å². The molecule has 0 saturated carbocycles. The van der Waals surface area contributed by atoms with Crippen molar-refractivity contribution in [2.24, 2.45) is 4.99 Å². The monoisotopic (exact) mass is 499 g/mol. The molecule has 1 atom stereocenters. The Morgan fingerprint density at radius 2 is 2.11 bits per heavy atom. The fraction of sp³-hybridized carbons (Fsp3) is 0.632. The molecule has 1 unspecified atom stereocenters. The molecule has 154 valence electrons. The summed E-state index contributed by atoms with van der Waals surface area (Å²) >= 11 is 0. The zero-order valence-corrected chi connectivity index (χ0v) is 18.8. The highest BCUT2D eigenvalue weighted by Gasteiger charge is 2.30. The Labute approximate surface area is 183 Å². The lowest BCUT2D eigenvalue weighted by Crippen LogP contribution is -2.46. The summed E-state index contributed by atoms with van der Waals surface area (Å²) in [5.74, 6) is 1.97. The molecule has 2 aliphatic rings. The molecule has 0 aliphatic carbocycles. The number of morpholine rings is 1. The number of aromatic nitrogens is 3. The first-order valence-electron chi connectivity index (χ1n) is 9.99. The van der Waals surface area contributed by atoms with Crippen molar-refractivity contribution in [2.75, 3.05) is 52.5 Å². The van der Waals surface area contributed by atoms with E-state index in [1.807, 2.05) is 28.8 Å². The van der Waals surface area contributed by atoms with Crippen molar-refractivity contribution in [2.45, 2.75) is 25.8 Å². The van der Waals surface area contributed by atoms with Crippen molar-refractivity contribution in [3.8, 4) is 0 Å². The Kier molecular flexibility index (Phi) is 7.86. The zero-order chi connectivity index (χ0) is 18.5. The van der Waals surface area contributed by atoms with E-state index in [2.05, 4.69) is 32.2 Å². The molecule has 4 rings (SSSR count). The van der Waals surface area contributed by atoms with Gasteiger partial charge in [0.25, 0.3) is 0 Å². The summed E-state index contributed by atoms with van der Waals surface area (Å²) in [6, 6.07) is 6.56. The van der Waals surface area contributed by atoms with Crippen LogP contribution in [0.2, 0.25) is 0 Å². The van der Waals surface area contributed by atoms with Crippen molar-refractivity contribution in [3.05, 3.63) is 30.2 Å². The first kappa shape index (κ1) is 21.3. The van der Waals surface area contributed by atoms with Crippen LogP contribution in [0.15, 0.2) is 29.4 Å². The van der Waals surface area contributed by atoms with Gasteiger partial charge in [0.2, 0.25) is 0 Å². The molecule has 2 fully saturated rings. The zero-order valence-electron chi connectivity index (χ0n) is 16.5. The van der Waals surface area contributed by atoms with Gasteiger partial charge in [-0.15, -0.1) is 34.2 Å². The average Bonchev–Trinajstić information content (AvgIpc) is 3.36. The van der Waals surface area contributed by atoms with E-state index in [-0.39, 0.29) is 24.0 Å². The predicted octanol–water partition coefficient (Wildman–Crippen LogP) is 1.26. The molecule has 2 aromatic heterocycles. The molecule has 0 amide bonds. The molecule has 2 aliphatic heterocycles. The normalized spacial score (nSPS) is 21.1. The van der Waals surface area contributed by atoms with Crippen LogP contribution >= 0.6 is 24.0 Å². The highest BCUT2D eigenvalue weighted by Crippen LogP contribution is 2.17. The van der Waals surface area contributed by atoms with E-state index in [9.17, 15) is 0 Å². The molecule has 0 aromatic carbocycles. The molecular formula is C19H30IN7O. The number of hydrogen-bond acceptors (Lipinski definition) is 5. The number of likely N-dealkylation sites (tertiary alicyclic amines) is 1. The molecule has 28 heavy (non-hydrogen) atoms. The van der Waals surface area contributed by atoms with E-state index in [1.54, 1.807) is 0 Å². The van der Waals surface area contributed by atoms with Crippen LogP contribution in [0.4, 0.5) is 0 Å². The van der Waals surface area contributed by atoms with Gasteiger partial charge in [0.15, 0.2) is 11.6 Å². The molecular weight excluding hydrogens is 469 g/mol. The maximum absolute atomic E-state index is 5.49. The second kappa shape index (κ2) is 10.4. The van der Waals surface area contributed by atoms with Gasteiger partial charge in [-0.25, -0.2) is 0 Å². The summed E-state index contributed by atoms with van der Waals surface area (Å²) < 4.78 is 7.52. The van der Waals surface area contributed by atoms with Gasteiger partial charge in [-0.1, -0.05) is 6.07 Å². The summed E-state index contributed by atoms with van der Waals surface area (Å²) in [5, 5.41) is 12.0. The molecule has 8 nitrogen and oxygen atoms in total. The third-order valence-electron chi connectivity index (χ3n) is 5.34. The smallest absolute Gasteiger partial charge is 0.193 e. The first-order valence-corrected chi connectivity index (χ1v) is 9.99. The maximum Gasteiger partial charge on any atom is 0.193 e. The van der Waals surface area contributed by atoms with Gasteiger partial charge in [-0.05, 0) is 25.5 Å². The van der Waals surface area contributed by atoms with Crippen molar-refractivity contribution >= 4 is 35.6 Å². The van der Waals surface area contributed by atoms with Gasteiger partial charge in [0.05, 0.1) is 13.2 Å². The molecule has 4 heterocycles. The molecule has 1 N–H and O–H groups in total. The lowest BCUT2D eigenvalue weighted by Gasteiger charge is -2.32. The average molecular weight is 499 g/mol. The Hall–Kier alpha value is -1.46. The van der Waals surface area contributed by atoms with E-state index < -0.39 is 0 Å². The molecule has 0 radical (unpaired) electrons. The lowest BCUT2D eigenvalue weighted by atomic mass is 10.2. The van der Waals surface area contributed by atoms with E-state index in [1.165, 1.54) is 6.42 Å². The highest BCUT2D eigenvalue weighted by molar-refractivity contribution is 14.0. The van der Waals surface area contributed by atoms with Gasteiger partial charge in [-0.3, -0.25) is 14.3 Å². The summed E-state index contributed by atoms with van der Waals surface area (Å²) in [4.78, 5) is 9.82. The van der Waals surface area contributed by atoms with Gasteiger partial charge < -0.3 is 15.0 Å². The minimum absolute atomic E-state index is 0. The standard InChI is InChI=1S/C19H29N7O.HI/c1-2-20-19(25-10-7-16(15-25)24-11-13-27-14-12-24)21-8-6-18-23-22-17-5-3-4-9-26(17)18;/h3-5,9,16H,2,6-8,10-15H2,1H3,(H,20,21);1H. The third-order valence-corrected chi connectivity index (χ3v) is 5.34. The number of halogens is 1. The van der Waals surface area contributed by atoms with Gasteiger partial charge >= 0.3 is 0 Å². The number of guanidine groups is 1. The number of aliphatic imine (C=N–C) groups is 1. The largest absolute Gasteiger partial charge is 0.379 e. The molecule has 2 aromatic rings. The number of pyridine rings is 1. The fourth-order valence-electron chi connectivity index (χ4n) is 3.92. The fourth-order valence-corrected chi connectivity index (χ4v) is 3.92. The van der Waals surface area contributed by atoms with Crippen LogP contribution in [-0.2, 0) is 11.2 Å². The van der Waals surface area contributed by atoms with E-state index in [0.29, 0.717) is 12.6 Å². The SMILES string of the molecule is CCNC(=NCCc1nnc2ccccn12)N1CCC(N2CCOCC2)C1.I. The maximum atomic E-state index is 5.49. The lowest BCUT2D eigenvalue weighted by molar-refractivity contribution is 0.0195. The van der Waals surface area contributed by atoms with Crippen LogP contribution in [0, 0.1) is 0 Å². The Balaban J connectivity index is 0.00000225. The van der Waals surface area contributed by atoms with Crippen LogP contribution in [0.5, 0.6) is 0 Å². The summed E-state index contributed by atoms with van der Waals surface area (Å²) in [6.07, 6.45) is 3.98. The van der Waals surface area contributed by atoms with E-state index in [4.69, 9.17) is 9.73 Å². The number of rotatable bonds is 5. The Bertz CT molecular complexity index is 774. The minimum atomic E-state index is 0. The number of hydrogen-bond donors (Lipinski definition) is 1. The second-order valence-corrected chi connectivity index (χ2v) is 7.07. The quantitative estimate of drug-likeness (QED) is 0.380. The topological polar surface area (TPSA) is 70.3 Å². The van der Waals surface area contributed by atoms with Crippen LogP contribution in [-0.4, -0.2) is 88.9 Å². The van der Waals surface area contributed by atoms with Gasteiger partial charge in [0, 0.05) is 57.9 Å². The van der Waals surface area contributed by atoms with Crippen molar-refractivity contribution < 1.29 is 4.74 Å². The number of nitrogens with one attached hydrogen (secondary N) is 1. The molecule has 9 heteroatoms. The summed E-state index contributed by atoms with van der Waals surface area (Å²) in [5.41, 5.74) is 0.885. The van der Waals surface area contributed by atoms with E-state index >= 15 is 0 Å². The Morgan fingerprint density at radius 1 is 1.25 bits per heavy atom. The first-order chi connectivity index (χ1) is 13.3. The summed E-state index contributed by atoms with van der Waals surface area (Å²) in [6.45, 7) is 9.62. The number of ether oxygens (including phenoxy) is 1. The van der Waals surface area contributed by atoms with Crippen molar-refractivity contribution in [3.63, 3.8) is 0 Å². The van der Waals surface area contributed by atoms with Crippen LogP contribution < -0.4 is 5.32 Å². The predicted molar refractivity (Wildman–Crippen MR) is 120 cm³/mol. The second-order valence-electron chi connectivity index (χ2n) is 7.07.